The summed E-state index contributed by atoms with van der Waals surface area (Å²) in [4.78, 5) is 44.2. The lowest BCUT2D eigenvalue weighted by Gasteiger charge is -2.35. The predicted molar refractivity (Wildman–Crippen MR) is 133 cm³/mol. The topological polar surface area (TPSA) is 122 Å². The molecule has 2 amide bonds. The number of morpholine rings is 1. The second kappa shape index (κ2) is 12.5. The molecule has 1 aromatic carbocycles. The molecule has 1 saturated heterocycles. The molecule has 1 aliphatic rings. The fraction of sp³-hybridized carbons (Fsp3) is 0.296. The minimum atomic E-state index is -1.26. The van der Waals surface area contributed by atoms with Crippen molar-refractivity contribution < 1.29 is 37.4 Å². The van der Waals surface area contributed by atoms with Gasteiger partial charge in [-0.25, -0.2) is 18.0 Å². The average Bonchev–Trinajstić information content (AvgIpc) is 2.92. The molecule has 12 heteroatoms. The van der Waals surface area contributed by atoms with Crippen LogP contribution in [-0.2, 0) is 20.7 Å². The molecule has 3 heterocycles. The van der Waals surface area contributed by atoms with Crippen molar-refractivity contribution in [3.8, 4) is 0 Å². The van der Waals surface area contributed by atoms with E-state index in [0.29, 0.717) is 11.8 Å². The van der Waals surface area contributed by atoms with Crippen LogP contribution in [0.5, 0.6) is 0 Å². The molecule has 0 saturated carbocycles. The van der Waals surface area contributed by atoms with Crippen LogP contribution in [-0.4, -0.2) is 63.6 Å². The van der Waals surface area contributed by atoms with Gasteiger partial charge in [-0.3, -0.25) is 19.7 Å². The third-order valence-electron chi connectivity index (χ3n) is 6.54. The summed E-state index contributed by atoms with van der Waals surface area (Å²) in [7, 11) is 0. The van der Waals surface area contributed by atoms with Crippen molar-refractivity contribution in [2.24, 2.45) is 0 Å². The summed E-state index contributed by atoms with van der Waals surface area (Å²) in [5.74, 6) is -3.13. The highest BCUT2D eigenvalue weighted by molar-refractivity contribution is 5.92. The summed E-state index contributed by atoms with van der Waals surface area (Å²) in [5.41, 5.74) is 0.926. The second-order valence-electron chi connectivity index (χ2n) is 9.03. The normalized spacial score (nSPS) is 17.9. The van der Waals surface area contributed by atoms with Crippen molar-refractivity contribution in [3.05, 3.63) is 89.3 Å². The minimum Gasteiger partial charge on any atom is -0.465 e. The van der Waals surface area contributed by atoms with Gasteiger partial charge in [0.25, 0.3) is 0 Å². The first-order valence-electron chi connectivity index (χ1n) is 12.1. The molecule has 3 aromatic rings. The van der Waals surface area contributed by atoms with Crippen LogP contribution in [0.1, 0.15) is 35.4 Å². The number of hydrogen-bond donors (Lipinski definition) is 2. The maximum absolute atomic E-state index is 14.8. The number of halogens is 3. The summed E-state index contributed by atoms with van der Waals surface area (Å²) >= 11 is 0. The molecule has 204 valence electrons. The molecule has 0 radical (unpaired) electrons. The molecule has 1 aliphatic heterocycles. The van der Waals surface area contributed by atoms with E-state index in [4.69, 9.17) is 4.74 Å². The van der Waals surface area contributed by atoms with Gasteiger partial charge in [0.2, 0.25) is 5.91 Å². The minimum absolute atomic E-state index is 0.0655. The van der Waals surface area contributed by atoms with E-state index in [1.54, 1.807) is 0 Å². The van der Waals surface area contributed by atoms with Gasteiger partial charge in [0.1, 0.15) is 29.8 Å². The van der Waals surface area contributed by atoms with Crippen LogP contribution in [0.4, 0.5) is 23.7 Å². The molecule has 2 aromatic heterocycles. The van der Waals surface area contributed by atoms with Crippen LogP contribution >= 0.6 is 0 Å². The Morgan fingerprint density at radius 3 is 2.54 bits per heavy atom. The number of carboxylic acid groups (broad SMARTS) is 1. The van der Waals surface area contributed by atoms with Crippen molar-refractivity contribution >= 4 is 24.0 Å². The number of carbonyl (C=O) groups excluding carboxylic acids is 2. The zero-order chi connectivity index (χ0) is 27.9. The predicted octanol–water partition coefficient (Wildman–Crippen LogP) is 3.93. The van der Waals surface area contributed by atoms with Crippen LogP contribution < -0.4 is 5.32 Å². The van der Waals surface area contributed by atoms with Gasteiger partial charge in [-0.1, -0.05) is 12.1 Å². The molecule has 3 unspecified atom stereocenters. The highest BCUT2D eigenvalue weighted by Crippen LogP contribution is 2.31. The Morgan fingerprint density at radius 1 is 1.10 bits per heavy atom. The van der Waals surface area contributed by atoms with Crippen molar-refractivity contribution in [2.45, 2.75) is 37.3 Å². The van der Waals surface area contributed by atoms with Crippen molar-refractivity contribution in [1.29, 1.82) is 0 Å². The number of aromatic nitrogens is 2. The molecule has 0 spiro atoms. The molecule has 4 rings (SSSR count). The monoisotopic (exact) mass is 542 g/mol. The number of hydrogen-bond acceptors (Lipinski definition) is 6. The average molecular weight is 543 g/mol. The fourth-order valence-corrected chi connectivity index (χ4v) is 4.53. The quantitative estimate of drug-likeness (QED) is 0.393. The van der Waals surface area contributed by atoms with Crippen molar-refractivity contribution in [3.63, 3.8) is 0 Å². The maximum Gasteiger partial charge on any atom is 0.408 e. The molecular weight excluding hydrogens is 517 g/mol. The summed E-state index contributed by atoms with van der Waals surface area (Å²) in [6, 6.07) is 5.87. The van der Waals surface area contributed by atoms with E-state index < -0.39 is 47.5 Å². The number of carbonyl (C=O) groups is 3. The van der Waals surface area contributed by atoms with Crippen molar-refractivity contribution in [2.75, 3.05) is 18.5 Å². The zero-order valence-corrected chi connectivity index (χ0v) is 20.6. The number of pyridine rings is 2. The molecule has 2 N–H and O–H groups in total. The second-order valence-corrected chi connectivity index (χ2v) is 9.03. The van der Waals surface area contributed by atoms with Crippen LogP contribution in [0.15, 0.2) is 55.1 Å². The first kappa shape index (κ1) is 27.7. The van der Waals surface area contributed by atoms with Gasteiger partial charge in [0.05, 0.1) is 43.5 Å². The van der Waals surface area contributed by atoms with Gasteiger partial charge in [0.15, 0.2) is 0 Å². The lowest BCUT2D eigenvalue weighted by Crippen LogP contribution is -2.52. The van der Waals surface area contributed by atoms with Crippen LogP contribution in [0, 0.1) is 17.5 Å². The Balaban J connectivity index is 1.49. The van der Waals surface area contributed by atoms with E-state index in [9.17, 15) is 32.7 Å². The highest BCUT2D eigenvalue weighted by atomic mass is 19.1. The lowest BCUT2D eigenvalue weighted by atomic mass is 9.88. The summed E-state index contributed by atoms with van der Waals surface area (Å²) < 4.78 is 48.5. The third kappa shape index (κ3) is 6.77. The highest BCUT2D eigenvalue weighted by Gasteiger charge is 2.32. The Hall–Kier alpha value is -4.32. The molecule has 1 fully saturated rings. The van der Waals surface area contributed by atoms with Gasteiger partial charge in [0, 0.05) is 24.1 Å². The van der Waals surface area contributed by atoms with Crippen LogP contribution in [0.3, 0.4) is 0 Å². The Bertz CT molecular complexity index is 1340. The first-order valence-corrected chi connectivity index (χ1v) is 12.1. The van der Waals surface area contributed by atoms with Gasteiger partial charge in [-0.15, -0.1) is 0 Å². The SMILES string of the molecule is O=CC1COC(CCc2c(F)cncc2NC(=O)CC(c2ccc(F)cc2)c2ccncc2F)CN1C(=O)O. The third-order valence-corrected chi connectivity index (χ3v) is 6.54. The molecule has 3 atom stereocenters. The molecular formula is C27H25F3N4O5. The van der Waals surface area contributed by atoms with Gasteiger partial charge < -0.3 is 20.0 Å². The van der Waals surface area contributed by atoms with Gasteiger partial charge in [-0.2, -0.15) is 0 Å². The Labute approximate surface area is 221 Å². The number of aldehydes is 1. The van der Waals surface area contributed by atoms with Gasteiger partial charge in [-0.05, 0) is 42.2 Å². The Morgan fingerprint density at radius 2 is 1.85 bits per heavy atom. The summed E-state index contributed by atoms with van der Waals surface area (Å²) in [6.45, 7) is -0.177. The number of nitrogens with one attached hydrogen (secondary N) is 1. The largest absolute Gasteiger partial charge is 0.465 e. The number of rotatable bonds is 9. The van der Waals surface area contributed by atoms with E-state index in [-0.39, 0.29) is 49.2 Å². The van der Waals surface area contributed by atoms with E-state index in [1.807, 2.05) is 0 Å². The summed E-state index contributed by atoms with van der Waals surface area (Å²) in [6.07, 6.45) is 3.37. The molecule has 0 aliphatic carbocycles. The van der Waals surface area contributed by atoms with Crippen LogP contribution in [0.25, 0.3) is 0 Å². The molecule has 39 heavy (non-hydrogen) atoms. The maximum atomic E-state index is 14.8. The number of anilines is 1. The number of amides is 2. The van der Waals surface area contributed by atoms with E-state index in [0.717, 1.165) is 17.3 Å². The number of nitrogens with zero attached hydrogens (tertiary/aromatic N) is 3. The standard InChI is InChI=1S/C27H25F3N4O5/c28-17-3-1-16(2-4-17)22(20-7-8-31-10-23(20)29)9-26(36)33-25-12-32-11-24(30)21(25)6-5-19-13-34(27(37)38)18(14-35)15-39-19/h1-4,7-8,10-12,14,18-19,22H,5-6,9,13,15H2,(H,33,36)(H,37,38). The zero-order valence-electron chi connectivity index (χ0n) is 20.6. The lowest BCUT2D eigenvalue weighted by molar-refractivity contribution is -0.121. The van der Waals surface area contributed by atoms with E-state index in [1.165, 1.54) is 42.7 Å². The fourth-order valence-electron chi connectivity index (χ4n) is 4.53. The summed E-state index contributed by atoms with van der Waals surface area (Å²) in [5, 5.41) is 12.0. The smallest absolute Gasteiger partial charge is 0.408 e. The van der Waals surface area contributed by atoms with Crippen molar-refractivity contribution in [1.82, 2.24) is 14.9 Å². The number of ether oxygens (including phenoxy) is 1. The molecule has 9 nitrogen and oxygen atoms in total. The van der Waals surface area contributed by atoms with Crippen LogP contribution in [0.2, 0.25) is 0 Å². The van der Waals surface area contributed by atoms with Gasteiger partial charge >= 0.3 is 6.09 Å². The molecule has 0 bridgehead atoms. The van der Waals surface area contributed by atoms with E-state index in [2.05, 4.69) is 15.3 Å². The number of benzene rings is 1. The van der Waals surface area contributed by atoms with E-state index >= 15 is 0 Å². The Kier molecular flexibility index (Phi) is 8.87. The first-order chi connectivity index (χ1) is 18.8.